The molecule has 0 aliphatic heterocycles. The predicted octanol–water partition coefficient (Wildman–Crippen LogP) is 2.83. The van der Waals surface area contributed by atoms with Crippen molar-refractivity contribution in [3.63, 3.8) is 0 Å². The first kappa shape index (κ1) is 11.1. The van der Waals surface area contributed by atoms with Crippen molar-refractivity contribution in [1.29, 1.82) is 0 Å². The van der Waals surface area contributed by atoms with Gasteiger partial charge >= 0.3 is 0 Å². The first-order chi connectivity index (χ1) is 8.33. The fourth-order valence-electron chi connectivity index (χ4n) is 3.38. The molecule has 1 atom stereocenters. The minimum absolute atomic E-state index is 0.714. The number of benzene rings is 1. The van der Waals surface area contributed by atoms with Crippen LogP contribution in [0.1, 0.15) is 49.1 Å². The van der Waals surface area contributed by atoms with E-state index in [9.17, 15) is 0 Å². The molecule has 0 radical (unpaired) electrons. The van der Waals surface area contributed by atoms with Gasteiger partial charge in [-0.05, 0) is 54.9 Å². The summed E-state index contributed by atoms with van der Waals surface area (Å²) in [5.74, 6) is 0.714. The van der Waals surface area contributed by atoms with E-state index in [-0.39, 0.29) is 0 Å². The SMILES string of the molecule is Nc1ccc2c(c1)CCC2CNC1CCCC1. The summed E-state index contributed by atoms with van der Waals surface area (Å²) in [6.45, 7) is 1.15. The average molecular weight is 230 g/mol. The highest BCUT2D eigenvalue weighted by atomic mass is 14.9. The smallest absolute Gasteiger partial charge is 0.0316 e. The quantitative estimate of drug-likeness (QED) is 0.784. The van der Waals surface area contributed by atoms with Crippen LogP contribution in [-0.2, 0) is 6.42 Å². The van der Waals surface area contributed by atoms with Gasteiger partial charge in [-0.2, -0.15) is 0 Å². The molecule has 0 amide bonds. The first-order valence-corrected chi connectivity index (χ1v) is 6.94. The van der Waals surface area contributed by atoms with E-state index in [0.717, 1.165) is 18.3 Å². The molecular weight excluding hydrogens is 208 g/mol. The van der Waals surface area contributed by atoms with Crippen LogP contribution in [0.5, 0.6) is 0 Å². The van der Waals surface area contributed by atoms with Gasteiger partial charge in [0.05, 0.1) is 0 Å². The monoisotopic (exact) mass is 230 g/mol. The zero-order valence-electron chi connectivity index (χ0n) is 10.4. The number of anilines is 1. The standard InChI is InChI=1S/C15H22N2/c16-13-7-8-15-11(9-13)5-6-12(15)10-17-14-3-1-2-4-14/h7-9,12,14,17H,1-6,10,16H2. The summed E-state index contributed by atoms with van der Waals surface area (Å²) in [6.07, 6.45) is 8.07. The second-order valence-corrected chi connectivity index (χ2v) is 5.58. The largest absolute Gasteiger partial charge is 0.399 e. The maximum atomic E-state index is 5.83. The van der Waals surface area contributed by atoms with E-state index < -0.39 is 0 Å². The minimum Gasteiger partial charge on any atom is -0.399 e. The number of fused-ring (bicyclic) bond motifs is 1. The normalized spacial score (nSPS) is 24.1. The predicted molar refractivity (Wildman–Crippen MR) is 72.2 cm³/mol. The van der Waals surface area contributed by atoms with Gasteiger partial charge in [0.15, 0.2) is 0 Å². The van der Waals surface area contributed by atoms with E-state index in [4.69, 9.17) is 5.73 Å². The van der Waals surface area contributed by atoms with Crippen LogP contribution in [0.25, 0.3) is 0 Å². The van der Waals surface area contributed by atoms with Crippen LogP contribution in [0, 0.1) is 0 Å². The molecule has 17 heavy (non-hydrogen) atoms. The van der Waals surface area contributed by atoms with Crippen molar-refractivity contribution >= 4 is 5.69 Å². The zero-order valence-corrected chi connectivity index (χ0v) is 10.4. The minimum atomic E-state index is 0.714. The van der Waals surface area contributed by atoms with Crippen molar-refractivity contribution in [1.82, 2.24) is 5.32 Å². The molecule has 3 rings (SSSR count). The average Bonchev–Trinajstić information content (AvgIpc) is 2.94. The van der Waals surface area contributed by atoms with Gasteiger partial charge in [-0.1, -0.05) is 18.9 Å². The molecule has 0 aromatic heterocycles. The lowest BCUT2D eigenvalue weighted by molar-refractivity contribution is 0.486. The molecule has 2 aliphatic carbocycles. The lowest BCUT2D eigenvalue weighted by Gasteiger charge is -2.17. The first-order valence-electron chi connectivity index (χ1n) is 6.94. The number of hydrogen-bond donors (Lipinski definition) is 2. The highest BCUT2D eigenvalue weighted by Crippen LogP contribution is 2.34. The molecule has 2 heteroatoms. The molecular formula is C15H22N2. The molecule has 1 saturated carbocycles. The third kappa shape index (κ3) is 2.32. The third-order valence-corrected chi connectivity index (χ3v) is 4.38. The van der Waals surface area contributed by atoms with E-state index in [1.54, 1.807) is 0 Å². The second kappa shape index (κ2) is 4.69. The number of nitrogens with one attached hydrogen (secondary N) is 1. The summed E-state index contributed by atoms with van der Waals surface area (Å²) < 4.78 is 0. The molecule has 0 bridgehead atoms. The molecule has 1 fully saturated rings. The van der Waals surface area contributed by atoms with Crippen LogP contribution in [-0.4, -0.2) is 12.6 Å². The van der Waals surface area contributed by atoms with Crippen LogP contribution in [0.2, 0.25) is 0 Å². The van der Waals surface area contributed by atoms with Crippen LogP contribution in [0.4, 0.5) is 5.69 Å². The molecule has 0 saturated heterocycles. The Morgan fingerprint density at radius 3 is 2.82 bits per heavy atom. The van der Waals surface area contributed by atoms with Crippen molar-refractivity contribution in [2.45, 2.75) is 50.5 Å². The molecule has 1 unspecified atom stereocenters. The Balaban J connectivity index is 1.63. The fourth-order valence-corrected chi connectivity index (χ4v) is 3.38. The summed E-state index contributed by atoms with van der Waals surface area (Å²) in [5, 5.41) is 3.75. The fraction of sp³-hybridized carbons (Fsp3) is 0.600. The summed E-state index contributed by atoms with van der Waals surface area (Å²) in [7, 11) is 0. The Hall–Kier alpha value is -1.02. The molecule has 0 heterocycles. The van der Waals surface area contributed by atoms with Crippen molar-refractivity contribution in [2.75, 3.05) is 12.3 Å². The summed E-state index contributed by atoms with van der Waals surface area (Å²) >= 11 is 0. The number of rotatable bonds is 3. The van der Waals surface area contributed by atoms with Crippen LogP contribution < -0.4 is 11.1 Å². The Morgan fingerprint density at radius 2 is 2.00 bits per heavy atom. The van der Waals surface area contributed by atoms with Crippen LogP contribution in [0.3, 0.4) is 0 Å². The lowest BCUT2D eigenvalue weighted by Crippen LogP contribution is -2.29. The summed E-state index contributed by atoms with van der Waals surface area (Å²) in [5.41, 5.74) is 9.75. The Labute approximate surface area is 104 Å². The Kier molecular flexibility index (Phi) is 3.06. The Bertz CT molecular complexity index is 394. The maximum absolute atomic E-state index is 5.83. The van der Waals surface area contributed by atoms with E-state index in [1.807, 2.05) is 6.07 Å². The van der Waals surface area contributed by atoms with Crippen LogP contribution in [0.15, 0.2) is 18.2 Å². The number of hydrogen-bond acceptors (Lipinski definition) is 2. The van der Waals surface area contributed by atoms with Crippen molar-refractivity contribution in [2.24, 2.45) is 0 Å². The lowest BCUT2D eigenvalue weighted by atomic mass is 10.0. The van der Waals surface area contributed by atoms with Gasteiger partial charge in [0.1, 0.15) is 0 Å². The van der Waals surface area contributed by atoms with E-state index in [1.165, 1.54) is 49.7 Å². The zero-order chi connectivity index (χ0) is 11.7. The molecule has 2 aliphatic rings. The maximum Gasteiger partial charge on any atom is 0.0316 e. The number of nitrogen functional groups attached to an aromatic ring is 1. The van der Waals surface area contributed by atoms with Crippen molar-refractivity contribution < 1.29 is 0 Å². The number of nitrogens with two attached hydrogens (primary N) is 1. The van der Waals surface area contributed by atoms with Gasteiger partial charge in [-0.15, -0.1) is 0 Å². The van der Waals surface area contributed by atoms with Gasteiger partial charge in [0.25, 0.3) is 0 Å². The van der Waals surface area contributed by atoms with Gasteiger partial charge in [0, 0.05) is 18.3 Å². The van der Waals surface area contributed by atoms with Gasteiger partial charge in [0.2, 0.25) is 0 Å². The molecule has 1 aromatic rings. The van der Waals surface area contributed by atoms with E-state index in [0.29, 0.717) is 5.92 Å². The van der Waals surface area contributed by atoms with Gasteiger partial charge in [-0.3, -0.25) is 0 Å². The number of aryl methyl sites for hydroxylation is 1. The molecule has 0 spiro atoms. The highest BCUT2D eigenvalue weighted by molar-refractivity contribution is 5.48. The summed E-state index contributed by atoms with van der Waals surface area (Å²) in [6, 6.07) is 7.23. The van der Waals surface area contributed by atoms with Gasteiger partial charge < -0.3 is 11.1 Å². The molecule has 3 N–H and O–H groups in total. The summed E-state index contributed by atoms with van der Waals surface area (Å²) in [4.78, 5) is 0. The molecule has 2 nitrogen and oxygen atoms in total. The Morgan fingerprint density at radius 1 is 1.18 bits per heavy atom. The van der Waals surface area contributed by atoms with E-state index >= 15 is 0 Å². The third-order valence-electron chi connectivity index (χ3n) is 4.38. The second-order valence-electron chi connectivity index (χ2n) is 5.58. The molecule has 92 valence electrons. The van der Waals surface area contributed by atoms with Crippen LogP contribution >= 0.6 is 0 Å². The highest BCUT2D eigenvalue weighted by Gasteiger charge is 2.23. The van der Waals surface area contributed by atoms with E-state index in [2.05, 4.69) is 17.4 Å². The van der Waals surface area contributed by atoms with Crippen molar-refractivity contribution in [3.8, 4) is 0 Å². The van der Waals surface area contributed by atoms with Gasteiger partial charge in [-0.25, -0.2) is 0 Å². The van der Waals surface area contributed by atoms with Crippen molar-refractivity contribution in [3.05, 3.63) is 29.3 Å². The molecule has 1 aromatic carbocycles. The topological polar surface area (TPSA) is 38.0 Å².